The summed E-state index contributed by atoms with van der Waals surface area (Å²) < 4.78 is 0. The number of carbonyl (C=O) groups is 1. The molecule has 5 heteroatoms. The lowest BCUT2D eigenvalue weighted by molar-refractivity contribution is -0.196. The molecule has 0 aromatic heterocycles. The molecule has 2 aliphatic heterocycles. The molecule has 0 unspecified atom stereocenters. The van der Waals surface area contributed by atoms with E-state index in [4.69, 9.17) is 9.68 Å². The van der Waals surface area contributed by atoms with Crippen molar-refractivity contribution < 1.29 is 14.5 Å². The van der Waals surface area contributed by atoms with Crippen LogP contribution in [-0.4, -0.2) is 34.9 Å². The number of fused-ring (bicyclic) bond motifs is 5. The summed E-state index contributed by atoms with van der Waals surface area (Å²) in [5.74, 6) is 0.109. The van der Waals surface area contributed by atoms with Crippen molar-refractivity contribution in [3.63, 3.8) is 0 Å². The predicted molar refractivity (Wildman–Crippen MR) is 67.4 cm³/mol. The summed E-state index contributed by atoms with van der Waals surface area (Å²) in [7, 11) is 0. The summed E-state index contributed by atoms with van der Waals surface area (Å²) in [6.45, 7) is 1.95. The third-order valence-corrected chi connectivity index (χ3v) is 4.18. The summed E-state index contributed by atoms with van der Waals surface area (Å²) in [4.78, 5) is 23.6. The van der Waals surface area contributed by atoms with Gasteiger partial charge < -0.3 is 4.84 Å². The molecule has 1 amide bonds. The first kappa shape index (κ1) is 11.0. The quantitative estimate of drug-likeness (QED) is 0.769. The van der Waals surface area contributed by atoms with Gasteiger partial charge in [0.2, 0.25) is 0 Å². The Morgan fingerprint density at radius 3 is 2.95 bits per heavy atom. The van der Waals surface area contributed by atoms with E-state index in [1.54, 1.807) is 12.1 Å². The molecule has 2 fully saturated rings. The molecule has 2 bridgehead atoms. The van der Waals surface area contributed by atoms with Crippen LogP contribution in [-0.2, 0) is 9.68 Å². The topological polar surface area (TPSA) is 51.1 Å². The van der Waals surface area contributed by atoms with Gasteiger partial charge in [0.1, 0.15) is 6.10 Å². The van der Waals surface area contributed by atoms with Crippen molar-refractivity contribution >= 4 is 11.6 Å². The Hall–Kier alpha value is -1.88. The van der Waals surface area contributed by atoms with Crippen molar-refractivity contribution in [1.82, 2.24) is 5.06 Å². The third-order valence-electron chi connectivity index (χ3n) is 4.18. The normalized spacial score (nSPS) is 35.0. The van der Waals surface area contributed by atoms with Crippen LogP contribution in [0.15, 0.2) is 35.5 Å². The number of hydroxylamine groups is 2. The van der Waals surface area contributed by atoms with Crippen LogP contribution in [0, 0.1) is 5.92 Å². The van der Waals surface area contributed by atoms with E-state index in [1.807, 2.05) is 25.1 Å². The molecule has 1 saturated heterocycles. The van der Waals surface area contributed by atoms with Crippen LogP contribution in [0.3, 0.4) is 0 Å². The van der Waals surface area contributed by atoms with Gasteiger partial charge in [-0.15, -0.1) is 0 Å². The fourth-order valence-electron chi connectivity index (χ4n) is 3.30. The van der Waals surface area contributed by atoms with E-state index in [-0.39, 0.29) is 30.1 Å². The Kier molecular flexibility index (Phi) is 2.20. The first-order valence-electron chi connectivity index (χ1n) is 6.51. The second-order valence-electron chi connectivity index (χ2n) is 5.27. The van der Waals surface area contributed by atoms with Crippen molar-refractivity contribution in [2.45, 2.75) is 31.6 Å². The predicted octanol–water partition coefficient (Wildman–Crippen LogP) is 1.61. The first-order valence-corrected chi connectivity index (χ1v) is 6.51. The van der Waals surface area contributed by atoms with Crippen molar-refractivity contribution in [3.05, 3.63) is 35.9 Å². The number of amides is 1. The standard InChI is InChI=1S/C14H14N2O3/c1-8-12-10-7-11(13(12)18-15-8)19-16(10)14(17)9-5-3-2-4-6-9/h2-6,10-13H,7H2,1H3/t10-,11+,12+,13-/m1/s1. The van der Waals surface area contributed by atoms with E-state index in [1.165, 1.54) is 5.06 Å². The number of oxime groups is 1. The molecule has 3 aliphatic rings. The van der Waals surface area contributed by atoms with Gasteiger partial charge >= 0.3 is 0 Å². The van der Waals surface area contributed by atoms with Crippen molar-refractivity contribution in [1.29, 1.82) is 0 Å². The molecule has 19 heavy (non-hydrogen) atoms. The molecule has 4 atom stereocenters. The maximum Gasteiger partial charge on any atom is 0.277 e. The monoisotopic (exact) mass is 258 g/mol. The number of hydrogen-bond donors (Lipinski definition) is 0. The molecule has 1 aromatic rings. The van der Waals surface area contributed by atoms with E-state index in [0.29, 0.717) is 5.56 Å². The van der Waals surface area contributed by atoms with Gasteiger partial charge in [0.25, 0.3) is 5.91 Å². The number of rotatable bonds is 1. The van der Waals surface area contributed by atoms with Crippen LogP contribution >= 0.6 is 0 Å². The second-order valence-corrected chi connectivity index (χ2v) is 5.27. The summed E-state index contributed by atoms with van der Waals surface area (Å²) in [5, 5.41) is 5.55. The minimum Gasteiger partial charge on any atom is -0.389 e. The average molecular weight is 258 g/mol. The molecular weight excluding hydrogens is 244 g/mol. The van der Waals surface area contributed by atoms with Gasteiger partial charge in [-0.2, -0.15) is 0 Å². The van der Waals surface area contributed by atoms with Crippen molar-refractivity contribution in [2.24, 2.45) is 11.1 Å². The number of benzene rings is 1. The van der Waals surface area contributed by atoms with E-state index in [9.17, 15) is 4.79 Å². The molecule has 0 radical (unpaired) electrons. The van der Waals surface area contributed by atoms with E-state index >= 15 is 0 Å². The Balaban J connectivity index is 1.62. The van der Waals surface area contributed by atoms with Crippen LogP contribution < -0.4 is 0 Å². The molecule has 0 N–H and O–H groups in total. The lowest BCUT2D eigenvalue weighted by Crippen LogP contribution is -2.48. The second kappa shape index (κ2) is 3.81. The Labute approximate surface area is 110 Å². The van der Waals surface area contributed by atoms with Gasteiger partial charge in [-0.05, 0) is 19.1 Å². The zero-order valence-electron chi connectivity index (χ0n) is 10.5. The maximum atomic E-state index is 12.5. The fraction of sp³-hybridized carbons (Fsp3) is 0.429. The Morgan fingerprint density at radius 2 is 2.16 bits per heavy atom. The molecule has 0 spiro atoms. The molecule has 1 aromatic carbocycles. The summed E-state index contributed by atoms with van der Waals surface area (Å²) in [5.41, 5.74) is 1.62. The largest absolute Gasteiger partial charge is 0.389 e. The molecule has 1 aliphatic carbocycles. The molecule has 2 heterocycles. The smallest absolute Gasteiger partial charge is 0.277 e. The third kappa shape index (κ3) is 1.45. The Morgan fingerprint density at radius 1 is 1.37 bits per heavy atom. The summed E-state index contributed by atoms with van der Waals surface area (Å²) in [6, 6.07) is 9.27. The lowest BCUT2D eigenvalue weighted by atomic mass is 9.96. The minimum atomic E-state index is -0.0775. The summed E-state index contributed by atoms with van der Waals surface area (Å²) >= 11 is 0. The summed E-state index contributed by atoms with van der Waals surface area (Å²) in [6.07, 6.45) is 0.773. The molecule has 5 nitrogen and oxygen atoms in total. The molecule has 1 saturated carbocycles. The highest BCUT2D eigenvalue weighted by Gasteiger charge is 2.60. The van der Waals surface area contributed by atoms with Crippen LogP contribution in [0.25, 0.3) is 0 Å². The number of nitrogens with zero attached hydrogens (tertiary/aromatic N) is 2. The SMILES string of the molecule is CC1=NO[C@H]2[C@@H]1[C@H]1C[C@@H]2ON1C(=O)c1ccccc1. The van der Waals surface area contributed by atoms with Gasteiger partial charge in [0.05, 0.1) is 17.7 Å². The lowest BCUT2D eigenvalue weighted by Gasteiger charge is -2.32. The average Bonchev–Trinajstić information content (AvgIpc) is 3.11. The van der Waals surface area contributed by atoms with Gasteiger partial charge in [-0.1, -0.05) is 23.4 Å². The number of hydrogen-bond acceptors (Lipinski definition) is 4. The van der Waals surface area contributed by atoms with Crippen LogP contribution in [0.2, 0.25) is 0 Å². The van der Waals surface area contributed by atoms with Crippen molar-refractivity contribution in [2.75, 3.05) is 0 Å². The van der Waals surface area contributed by atoms with E-state index < -0.39 is 0 Å². The van der Waals surface area contributed by atoms with Crippen molar-refractivity contribution in [3.8, 4) is 0 Å². The highest BCUT2D eigenvalue weighted by atomic mass is 16.7. The zero-order chi connectivity index (χ0) is 13.0. The highest BCUT2D eigenvalue weighted by Crippen LogP contribution is 2.45. The van der Waals surface area contributed by atoms with Crippen LogP contribution in [0.5, 0.6) is 0 Å². The zero-order valence-corrected chi connectivity index (χ0v) is 10.5. The van der Waals surface area contributed by atoms with Crippen LogP contribution in [0.1, 0.15) is 23.7 Å². The van der Waals surface area contributed by atoms with E-state index in [2.05, 4.69) is 5.16 Å². The van der Waals surface area contributed by atoms with Gasteiger partial charge in [-0.3, -0.25) is 9.63 Å². The van der Waals surface area contributed by atoms with Crippen LogP contribution in [0.4, 0.5) is 0 Å². The Bertz CT molecular complexity index is 557. The van der Waals surface area contributed by atoms with Gasteiger partial charge in [0, 0.05) is 12.0 Å². The maximum absolute atomic E-state index is 12.5. The first-order chi connectivity index (χ1) is 9.25. The fourth-order valence-corrected chi connectivity index (χ4v) is 3.30. The van der Waals surface area contributed by atoms with Gasteiger partial charge in [-0.25, -0.2) is 5.06 Å². The van der Waals surface area contributed by atoms with E-state index in [0.717, 1.165) is 12.1 Å². The minimum absolute atomic E-state index is 0.00942. The number of carbonyl (C=O) groups excluding carboxylic acids is 1. The van der Waals surface area contributed by atoms with Gasteiger partial charge in [0.15, 0.2) is 6.10 Å². The highest BCUT2D eigenvalue weighted by molar-refractivity contribution is 5.95. The molecule has 4 rings (SSSR count). The molecule has 98 valence electrons. The molecular formula is C14H14N2O3.